The van der Waals surface area contributed by atoms with E-state index in [1.807, 2.05) is 31.2 Å². The van der Waals surface area contributed by atoms with Crippen molar-refractivity contribution in [1.82, 2.24) is 0 Å². The summed E-state index contributed by atoms with van der Waals surface area (Å²) in [5, 5.41) is 10.3. The Morgan fingerprint density at radius 2 is 0.851 bits per heavy atom. The van der Waals surface area contributed by atoms with Gasteiger partial charge in [-0.15, -0.1) is 0 Å². The first kappa shape index (κ1) is 43.6. The summed E-state index contributed by atoms with van der Waals surface area (Å²) < 4.78 is 102. The van der Waals surface area contributed by atoms with Gasteiger partial charge in [0, 0.05) is 0 Å². The molecular formula is C63H38B2F6O2Si. The molecular weight excluding hydrogens is 952 g/mol. The summed E-state index contributed by atoms with van der Waals surface area (Å²) in [7, 11) is -3.44. The molecule has 0 atom stereocenters. The number of ether oxygens (including phenoxy) is 2. The number of halogens is 6. The van der Waals surface area contributed by atoms with Crippen LogP contribution in [0, 0.1) is 20.8 Å². The second-order valence-corrected chi connectivity index (χ2v) is 24.4. The van der Waals surface area contributed by atoms with E-state index in [1.165, 1.54) is 12.1 Å². The van der Waals surface area contributed by atoms with E-state index < -0.39 is 38.3 Å². The van der Waals surface area contributed by atoms with Gasteiger partial charge in [0.1, 0.15) is 23.0 Å². The fraction of sp³-hybridized carbons (Fsp3) is 0.0794. The first-order chi connectivity index (χ1) is 35.7. The Balaban J connectivity index is 1.20. The molecule has 0 unspecified atom stereocenters. The third-order valence-corrected chi connectivity index (χ3v) is 21.3. The molecule has 11 aromatic carbocycles. The fourth-order valence-corrected chi connectivity index (χ4v) is 18.6. The zero-order valence-electron chi connectivity index (χ0n) is 40.0. The lowest BCUT2D eigenvalue weighted by atomic mass is 9.32. The van der Waals surface area contributed by atoms with Gasteiger partial charge in [0.05, 0.1) is 11.1 Å². The lowest BCUT2D eigenvalue weighted by molar-refractivity contribution is -0.138. The van der Waals surface area contributed by atoms with Crippen molar-refractivity contribution in [3.05, 3.63) is 204 Å². The third kappa shape index (κ3) is 5.76. The molecule has 0 aromatic heterocycles. The topological polar surface area (TPSA) is 18.5 Å². The second kappa shape index (κ2) is 14.8. The minimum Gasteiger partial charge on any atom is -0.458 e. The summed E-state index contributed by atoms with van der Waals surface area (Å²) in [6.45, 7) is 5.20. The second-order valence-electron chi connectivity index (χ2n) is 20.6. The molecule has 4 aliphatic heterocycles. The van der Waals surface area contributed by atoms with E-state index in [0.29, 0.717) is 22.1 Å². The van der Waals surface area contributed by atoms with Gasteiger partial charge in [0.25, 0.3) is 13.4 Å². The van der Waals surface area contributed by atoms with Crippen molar-refractivity contribution in [2.75, 3.05) is 0 Å². The highest BCUT2D eigenvalue weighted by molar-refractivity contribution is 7.21. The van der Waals surface area contributed by atoms with Gasteiger partial charge < -0.3 is 9.47 Å². The maximum atomic E-state index is 15.2. The summed E-state index contributed by atoms with van der Waals surface area (Å²) in [6.07, 6.45) is -9.51. The van der Waals surface area contributed by atoms with Crippen molar-refractivity contribution in [3.63, 3.8) is 0 Å². The quantitative estimate of drug-likeness (QED) is 0.0757. The van der Waals surface area contributed by atoms with Gasteiger partial charge in [-0.25, -0.2) is 0 Å². The first-order valence-corrected chi connectivity index (χ1v) is 26.8. The van der Waals surface area contributed by atoms with Crippen molar-refractivity contribution in [2.24, 2.45) is 0 Å². The Hall–Kier alpha value is -8.01. The van der Waals surface area contributed by atoms with Crippen molar-refractivity contribution < 1.29 is 35.8 Å². The summed E-state index contributed by atoms with van der Waals surface area (Å²) in [5.74, 6) is 1.38. The molecule has 0 bridgehead atoms. The molecule has 0 N–H and O–H groups in total. The van der Waals surface area contributed by atoms with E-state index in [2.05, 4.69) is 135 Å². The highest BCUT2D eigenvalue weighted by Gasteiger charge is 2.49. The van der Waals surface area contributed by atoms with Crippen LogP contribution in [-0.4, -0.2) is 21.5 Å². The minimum atomic E-state index is -4.78. The molecule has 0 amide bonds. The average Bonchev–Trinajstić information content (AvgIpc) is 3.55. The van der Waals surface area contributed by atoms with E-state index in [1.54, 1.807) is 0 Å². The molecule has 0 radical (unpaired) electrons. The number of rotatable bonds is 4. The SMILES string of the molecule is Cc1ccc2c(c1)Oc1cc(C)cc3c1B2c1cc2c(C)cc4c5c(cc6c([Si](c7ccccc7)(c7ccccc7)c7ccccc7)cc-3c1c6c25)B1c2ccc(C(F)(F)F)cc2Oc2cc(C(F)(F)F)cc-4c21. The third-order valence-electron chi connectivity index (χ3n) is 16.5. The molecule has 354 valence electrons. The lowest BCUT2D eigenvalue weighted by Gasteiger charge is -2.40. The van der Waals surface area contributed by atoms with Crippen molar-refractivity contribution in [1.29, 1.82) is 0 Å². The molecule has 11 aromatic rings. The smallest absolute Gasteiger partial charge is 0.416 e. The van der Waals surface area contributed by atoms with Gasteiger partial charge in [-0.05, 0) is 165 Å². The molecule has 11 heteroatoms. The van der Waals surface area contributed by atoms with Crippen LogP contribution in [0.3, 0.4) is 0 Å². The summed E-state index contributed by atoms with van der Waals surface area (Å²) in [4.78, 5) is 0. The summed E-state index contributed by atoms with van der Waals surface area (Å²) in [5.41, 5.74) is 9.23. The van der Waals surface area contributed by atoms with Crippen LogP contribution in [0.4, 0.5) is 26.3 Å². The van der Waals surface area contributed by atoms with Crippen LogP contribution in [0.2, 0.25) is 0 Å². The Labute approximate surface area is 423 Å². The molecule has 2 nitrogen and oxygen atoms in total. The Bertz CT molecular complexity index is 4170. The maximum absolute atomic E-state index is 15.2. The number of alkyl halides is 6. The van der Waals surface area contributed by atoms with E-state index >= 15 is 13.2 Å². The van der Waals surface area contributed by atoms with Crippen LogP contribution >= 0.6 is 0 Å². The molecule has 0 saturated carbocycles. The number of hydrogen-bond acceptors (Lipinski definition) is 2. The molecule has 4 heterocycles. The zero-order valence-corrected chi connectivity index (χ0v) is 41.0. The van der Waals surface area contributed by atoms with Gasteiger partial charge in [-0.3, -0.25) is 0 Å². The van der Waals surface area contributed by atoms with Gasteiger partial charge in [-0.2, -0.15) is 26.3 Å². The predicted octanol–water partition coefficient (Wildman–Crippen LogP) is 10.1. The van der Waals surface area contributed by atoms with E-state index in [9.17, 15) is 13.2 Å². The van der Waals surface area contributed by atoms with Crippen molar-refractivity contribution in [3.8, 4) is 45.3 Å². The monoisotopic (exact) mass is 990 g/mol. The number of aryl methyl sites for hydroxylation is 3. The lowest BCUT2D eigenvalue weighted by Crippen LogP contribution is -2.75. The van der Waals surface area contributed by atoms with Crippen molar-refractivity contribution in [2.45, 2.75) is 33.1 Å². The van der Waals surface area contributed by atoms with Crippen LogP contribution < -0.4 is 63.0 Å². The Morgan fingerprint density at radius 3 is 1.43 bits per heavy atom. The molecule has 0 aliphatic carbocycles. The fourth-order valence-electron chi connectivity index (χ4n) is 13.6. The summed E-state index contributed by atoms with van der Waals surface area (Å²) in [6, 6.07) is 57.6. The normalized spacial score (nSPS) is 13.9. The van der Waals surface area contributed by atoms with E-state index in [-0.39, 0.29) is 18.2 Å². The van der Waals surface area contributed by atoms with Gasteiger partial charge >= 0.3 is 12.4 Å². The average molecular weight is 991 g/mol. The number of fused-ring (bicyclic) bond motifs is 8. The van der Waals surface area contributed by atoms with E-state index in [0.717, 1.165) is 132 Å². The molecule has 0 fully saturated rings. The first-order valence-electron chi connectivity index (χ1n) is 24.8. The molecule has 15 rings (SSSR count). The van der Waals surface area contributed by atoms with Crippen LogP contribution in [-0.2, 0) is 12.4 Å². The number of benzene rings is 11. The maximum Gasteiger partial charge on any atom is 0.416 e. The highest BCUT2D eigenvalue weighted by atomic mass is 28.3. The standard InChI is InChI=1S/C63H38B2F6O2Si/c1-33-19-21-47-51(24-33)72-53-25-34(2)23-44-43-32-55(74(38-13-7-4-8-14-38,39-15-9-5-10-16-39)40-17-11-6-12-18-40)46-31-50-56-42(26-35(3)41-30-49(64(47)60(44)53)57(43)59(46)58(41)56)45-27-37(63(69,70)71)29-54-61(45)65(50)48-22-20-36(62(66,67)68)28-52(48)73-54/h4-32H,1-3H3. The zero-order chi connectivity index (χ0) is 50.3. The van der Waals surface area contributed by atoms with Crippen LogP contribution in [0.15, 0.2) is 176 Å². The van der Waals surface area contributed by atoms with Crippen molar-refractivity contribution >= 4 is 107 Å². The largest absolute Gasteiger partial charge is 0.458 e. The molecule has 0 spiro atoms. The van der Waals surface area contributed by atoms with E-state index in [4.69, 9.17) is 9.47 Å². The van der Waals surface area contributed by atoms with Crippen LogP contribution in [0.25, 0.3) is 54.6 Å². The predicted molar refractivity (Wildman–Crippen MR) is 291 cm³/mol. The van der Waals surface area contributed by atoms with Crippen LogP contribution in [0.5, 0.6) is 23.0 Å². The highest BCUT2D eigenvalue weighted by Crippen LogP contribution is 2.49. The molecule has 74 heavy (non-hydrogen) atoms. The Kier molecular flexibility index (Phi) is 8.72. The minimum absolute atomic E-state index is 0.106. The van der Waals surface area contributed by atoms with Crippen LogP contribution in [0.1, 0.15) is 27.8 Å². The molecule has 0 saturated heterocycles. The van der Waals surface area contributed by atoms with Gasteiger partial charge in [0.2, 0.25) is 0 Å². The number of hydrogen-bond donors (Lipinski definition) is 0. The van der Waals surface area contributed by atoms with Gasteiger partial charge in [-0.1, -0.05) is 157 Å². The molecule has 4 aliphatic rings. The van der Waals surface area contributed by atoms with Gasteiger partial charge in [0.15, 0.2) is 8.07 Å². The summed E-state index contributed by atoms with van der Waals surface area (Å²) >= 11 is 0. The Morgan fingerprint density at radius 1 is 0.378 bits per heavy atom.